The van der Waals surface area contributed by atoms with Crippen LogP contribution in [-0.2, 0) is 0 Å². The molecule has 2 heterocycles. The molecule has 100 valence electrons. The number of nitrogens with one attached hydrogen (secondary N) is 2. The Morgan fingerprint density at radius 3 is 2.95 bits per heavy atom. The van der Waals surface area contributed by atoms with Crippen LogP contribution in [0.2, 0.25) is 0 Å². The fourth-order valence-corrected chi connectivity index (χ4v) is 1.34. The Morgan fingerprint density at radius 2 is 2.37 bits per heavy atom. The number of hydrogen-bond acceptors (Lipinski definition) is 5. The highest BCUT2D eigenvalue weighted by Gasteiger charge is 2.04. The van der Waals surface area contributed by atoms with Crippen LogP contribution in [0, 0.1) is 0 Å². The second-order valence-electron chi connectivity index (χ2n) is 3.93. The third kappa shape index (κ3) is 3.75. The number of rotatable bonds is 4. The van der Waals surface area contributed by atoms with Crippen LogP contribution < -0.4 is 10.6 Å². The van der Waals surface area contributed by atoms with E-state index in [9.17, 15) is 4.79 Å². The van der Waals surface area contributed by atoms with E-state index in [1.807, 2.05) is 0 Å². The van der Waals surface area contributed by atoms with Crippen LogP contribution in [0.25, 0.3) is 5.82 Å². The fraction of sp³-hybridized carbons (Fsp3) is 0.273. The highest BCUT2D eigenvalue weighted by molar-refractivity contribution is 5.89. The van der Waals surface area contributed by atoms with Gasteiger partial charge in [-0.3, -0.25) is 0 Å². The standard InChI is InChI=1S/C11H14N6O2/c1-8(18)4-14-11(19)16-9-2-3-10(13-5-9)17-7-12-6-15-17/h2-3,5-8,18H,4H2,1H3,(H2,14,16,19)/t8-/m1/s1. The first-order valence-electron chi connectivity index (χ1n) is 5.69. The van der Waals surface area contributed by atoms with Crippen molar-refractivity contribution < 1.29 is 9.90 Å². The Balaban J connectivity index is 1.94. The van der Waals surface area contributed by atoms with Crippen LogP contribution >= 0.6 is 0 Å². The van der Waals surface area contributed by atoms with Gasteiger partial charge >= 0.3 is 6.03 Å². The lowest BCUT2D eigenvalue weighted by atomic mass is 10.4. The summed E-state index contributed by atoms with van der Waals surface area (Å²) >= 11 is 0. The molecule has 2 rings (SSSR count). The van der Waals surface area contributed by atoms with Gasteiger partial charge in [-0.15, -0.1) is 0 Å². The highest BCUT2D eigenvalue weighted by atomic mass is 16.3. The largest absolute Gasteiger partial charge is 0.392 e. The van der Waals surface area contributed by atoms with E-state index in [2.05, 4.69) is 25.7 Å². The van der Waals surface area contributed by atoms with Gasteiger partial charge in [-0.2, -0.15) is 5.10 Å². The van der Waals surface area contributed by atoms with Gasteiger partial charge in [-0.25, -0.2) is 19.4 Å². The first-order valence-corrected chi connectivity index (χ1v) is 5.69. The summed E-state index contributed by atoms with van der Waals surface area (Å²) < 4.78 is 1.51. The number of aliphatic hydroxyl groups is 1. The topological polar surface area (TPSA) is 105 Å². The lowest BCUT2D eigenvalue weighted by Crippen LogP contribution is -2.34. The highest BCUT2D eigenvalue weighted by Crippen LogP contribution is 2.08. The smallest absolute Gasteiger partial charge is 0.319 e. The van der Waals surface area contributed by atoms with Crippen molar-refractivity contribution in [1.29, 1.82) is 0 Å². The Labute approximate surface area is 109 Å². The number of amides is 2. The third-order valence-corrected chi connectivity index (χ3v) is 2.22. The lowest BCUT2D eigenvalue weighted by Gasteiger charge is -2.09. The zero-order chi connectivity index (χ0) is 13.7. The van der Waals surface area contributed by atoms with Crippen molar-refractivity contribution in [3.05, 3.63) is 31.0 Å². The molecule has 0 saturated carbocycles. The van der Waals surface area contributed by atoms with Gasteiger partial charge in [-0.1, -0.05) is 0 Å². The van der Waals surface area contributed by atoms with E-state index >= 15 is 0 Å². The molecule has 0 aliphatic heterocycles. The summed E-state index contributed by atoms with van der Waals surface area (Å²) in [5.41, 5.74) is 0.548. The molecule has 1 atom stereocenters. The van der Waals surface area contributed by atoms with Crippen molar-refractivity contribution in [3.8, 4) is 5.82 Å². The van der Waals surface area contributed by atoms with Gasteiger partial charge in [0.1, 0.15) is 12.7 Å². The van der Waals surface area contributed by atoms with Crippen molar-refractivity contribution in [1.82, 2.24) is 25.1 Å². The first kappa shape index (κ1) is 13.0. The second-order valence-corrected chi connectivity index (χ2v) is 3.93. The van der Waals surface area contributed by atoms with Gasteiger partial charge < -0.3 is 15.7 Å². The zero-order valence-electron chi connectivity index (χ0n) is 10.3. The summed E-state index contributed by atoms with van der Waals surface area (Å²) in [5.74, 6) is 0.604. The Morgan fingerprint density at radius 1 is 1.53 bits per heavy atom. The molecule has 0 spiro atoms. The molecule has 0 radical (unpaired) electrons. The molecule has 0 unspecified atom stereocenters. The number of carbonyl (C=O) groups is 1. The van der Waals surface area contributed by atoms with Crippen LogP contribution in [-0.4, -0.2) is 43.5 Å². The fourth-order valence-electron chi connectivity index (χ4n) is 1.34. The molecule has 0 bridgehead atoms. The molecular formula is C11H14N6O2. The van der Waals surface area contributed by atoms with E-state index in [1.54, 1.807) is 19.1 Å². The van der Waals surface area contributed by atoms with E-state index < -0.39 is 12.1 Å². The average molecular weight is 262 g/mol. The molecule has 0 aliphatic rings. The zero-order valence-corrected chi connectivity index (χ0v) is 10.3. The predicted molar refractivity (Wildman–Crippen MR) is 67.9 cm³/mol. The average Bonchev–Trinajstić information content (AvgIpc) is 2.91. The Kier molecular flexibility index (Phi) is 4.04. The number of hydrogen-bond donors (Lipinski definition) is 3. The van der Waals surface area contributed by atoms with Crippen molar-refractivity contribution in [2.24, 2.45) is 0 Å². The summed E-state index contributed by atoms with van der Waals surface area (Å²) in [6.45, 7) is 1.78. The van der Waals surface area contributed by atoms with Gasteiger partial charge in [-0.05, 0) is 19.1 Å². The molecule has 2 aromatic rings. The lowest BCUT2D eigenvalue weighted by molar-refractivity contribution is 0.190. The molecule has 3 N–H and O–H groups in total. The summed E-state index contributed by atoms with van der Waals surface area (Å²) in [7, 11) is 0. The number of nitrogens with zero attached hydrogens (tertiary/aromatic N) is 4. The van der Waals surface area contributed by atoms with Gasteiger partial charge in [0.05, 0.1) is 18.0 Å². The molecule has 19 heavy (non-hydrogen) atoms. The SMILES string of the molecule is C[C@@H](O)CNC(=O)Nc1ccc(-n2cncn2)nc1. The number of carbonyl (C=O) groups excluding carboxylic acids is 1. The molecule has 8 heteroatoms. The van der Waals surface area contributed by atoms with E-state index in [-0.39, 0.29) is 6.54 Å². The van der Waals surface area contributed by atoms with E-state index in [0.717, 1.165) is 0 Å². The Hall–Kier alpha value is -2.48. The normalized spacial score (nSPS) is 11.9. The molecule has 2 amide bonds. The number of aromatic nitrogens is 4. The van der Waals surface area contributed by atoms with E-state index in [0.29, 0.717) is 11.5 Å². The minimum atomic E-state index is -0.585. The quantitative estimate of drug-likeness (QED) is 0.728. The number of urea groups is 1. The van der Waals surface area contributed by atoms with Crippen molar-refractivity contribution in [2.75, 3.05) is 11.9 Å². The number of anilines is 1. The van der Waals surface area contributed by atoms with E-state index in [4.69, 9.17) is 5.11 Å². The minimum absolute atomic E-state index is 0.191. The van der Waals surface area contributed by atoms with Crippen LogP contribution in [0.15, 0.2) is 31.0 Å². The molecule has 0 fully saturated rings. The maximum Gasteiger partial charge on any atom is 0.319 e. The number of pyridine rings is 1. The number of aliphatic hydroxyl groups excluding tert-OH is 1. The van der Waals surface area contributed by atoms with Crippen LogP contribution in [0.3, 0.4) is 0 Å². The predicted octanol–water partition coefficient (Wildman–Crippen LogP) is 0.165. The van der Waals surface area contributed by atoms with Crippen molar-refractivity contribution in [2.45, 2.75) is 13.0 Å². The van der Waals surface area contributed by atoms with Crippen molar-refractivity contribution in [3.63, 3.8) is 0 Å². The molecule has 8 nitrogen and oxygen atoms in total. The maximum atomic E-state index is 11.4. The molecule has 0 saturated heterocycles. The van der Waals surface area contributed by atoms with Gasteiger partial charge in [0.2, 0.25) is 0 Å². The summed E-state index contributed by atoms with van der Waals surface area (Å²) in [5, 5.41) is 18.1. The van der Waals surface area contributed by atoms with Crippen molar-refractivity contribution >= 4 is 11.7 Å². The maximum absolute atomic E-state index is 11.4. The van der Waals surface area contributed by atoms with Gasteiger partial charge in [0.15, 0.2) is 5.82 Å². The third-order valence-electron chi connectivity index (χ3n) is 2.22. The summed E-state index contributed by atoms with van der Waals surface area (Å²) in [4.78, 5) is 19.4. The van der Waals surface area contributed by atoms with Crippen LogP contribution in [0.1, 0.15) is 6.92 Å². The second kappa shape index (κ2) is 5.91. The van der Waals surface area contributed by atoms with Gasteiger partial charge in [0.25, 0.3) is 0 Å². The summed E-state index contributed by atoms with van der Waals surface area (Å²) in [6, 6.07) is 3.02. The van der Waals surface area contributed by atoms with Crippen LogP contribution in [0.5, 0.6) is 0 Å². The molecule has 0 aliphatic carbocycles. The minimum Gasteiger partial charge on any atom is -0.392 e. The monoisotopic (exact) mass is 262 g/mol. The summed E-state index contributed by atoms with van der Waals surface area (Å²) in [6.07, 6.45) is 3.87. The Bertz CT molecular complexity index is 523. The molecular weight excluding hydrogens is 248 g/mol. The van der Waals surface area contributed by atoms with Gasteiger partial charge in [0, 0.05) is 6.54 Å². The van der Waals surface area contributed by atoms with Crippen LogP contribution in [0.4, 0.5) is 10.5 Å². The molecule has 0 aromatic carbocycles. The molecule has 2 aromatic heterocycles. The van der Waals surface area contributed by atoms with E-state index in [1.165, 1.54) is 23.5 Å². The first-order chi connectivity index (χ1) is 9.15.